The Kier molecular flexibility index (Phi) is 7.84. The van der Waals surface area contributed by atoms with E-state index in [1.807, 2.05) is 24.3 Å². The van der Waals surface area contributed by atoms with Crippen LogP contribution in [0.1, 0.15) is 11.1 Å². The van der Waals surface area contributed by atoms with Crippen molar-refractivity contribution in [3.63, 3.8) is 0 Å². The molecule has 6 heteroatoms. The van der Waals surface area contributed by atoms with E-state index in [0.29, 0.717) is 18.3 Å². The standard InChI is InChI=1S/C22H27N3O2S/c1-2-13-27-21-9-7-20(8-10-21)24-22(28)23-16-18-5-3-4-6-19(18)17-25-11-14-26-15-12-25/h2-10H,1,11-17H2,(H2,23,24,28). The molecule has 2 aromatic rings. The van der Waals surface area contributed by atoms with Gasteiger partial charge < -0.3 is 20.1 Å². The molecule has 0 bridgehead atoms. The molecule has 1 aliphatic heterocycles. The van der Waals surface area contributed by atoms with Crippen LogP contribution in [0.25, 0.3) is 0 Å². The van der Waals surface area contributed by atoms with Crippen molar-refractivity contribution in [2.45, 2.75) is 13.1 Å². The maximum absolute atomic E-state index is 5.49. The molecule has 0 atom stereocenters. The third kappa shape index (κ3) is 6.34. The quantitative estimate of drug-likeness (QED) is 0.525. The number of nitrogens with zero attached hydrogens (tertiary/aromatic N) is 1. The first-order valence-corrected chi connectivity index (χ1v) is 9.91. The van der Waals surface area contributed by atoms with E-state index in [-0.39, 0.29) is 0 Å². The second-order valence-electron chi connectivity index (χ2n) is 6.59. The molecule has 5 nitrogen and oxygen atoms in total. The number of rotatable bonds is 8. The fraction of sp³-hybridized carbons (Fsp3) is 0.318. The second kappa shape index (κ2) is 10.8. The molecule has 28 heavy (non-hydrogen) atoms. The predicted octanol–water partition coefficient (Wildman–Crippen LogP) is 3.57. The summed E-state index contributed by atoms with van der Waals surface area (Å²) in [6.45, 7) is 9.35. The lowest BCUT2D eigenvalue weighted by Gasteiger charge is -2.27. The maximum Gasteiger partial charge on any atom is 0.171 e. The van der Waals surface area contributed by atoms with E-state index in [2.05, 4.69) is 46.4 Å². The summed E-state index contributed by atoms with van der Waals surface area (Å²) in [5.41, 5.74) is 3.50. The van der Waals surface area contributed by atoms with Crippen LogP contribution in [0.2, 0.25) is 0 Å². The van der Waals surface area contributed by atoms with E-state index >= 15 is 0 Å². The molecule has 1 fully saturated rings. The third-order valence-electron chi connectivity index (χ3n) is 4.54. The Morgan fingerprint density at radius 2 is 1.82 bits per heavy atom. The highest BCUT2D eigenvalue weighted by atomic mass is 32.1. The van der Waals surface area contributed by atoms with Crippen molar-refractivity contribution < 1.29 is 9.47 Å². The normalized spacial score (nSPS) is 14.3. The molecule has 3 rings (SSSR count). The van der Waals surface area contributed by atoms with Crippen molar-refractivity contribution in [2.75, 3.05) is 38.2 Å². The molecule has 1 saturated heterocycles. The average molecular weight is 398 g/mol. The molecule has 0 aliphatic carbocycles. The van der Waals surface area contributed by atoms with Crippen molar-refractivity contribution in [2.24, 2.45) is 0 Å². The zero-order valence-electron chi connectivity index (χ0n) is 16.0. The van der Waals surface area contributed by atoms with Gasteiger partial charge in [-0.05, 0) is 47.6 Å². The van der Waals surface area contributed by atoms with E-state index in [1.54, 1.807) is 6.08 Å². The molecule has 0 spiro atoms. The molecular formula is C22H27N3O2S. The molecular weight excluding hydrogens is 370 g/mol. The highest BCUT2D eigenvalue weighted by molar-refractivity contribution is 7.80. The number of ether oxygens (including phenoxy) is 2. The Labute approximate surface area is 172 Å². The Morgan fingerprint density at radius 1 is 1.11 bits per heavy atom. The summed E-state index contributed by atoms with van der Waals surface area (Å²) in [5, 5.41) is 7.12. The molecule has 0 radical (unpaired) electrons. The highest BCUT2D eigenvalue weighted by Gasteiger charge is 2.12. The zero-order valence-corrected chi connectivity index (χ0v) is 16.8. The van der Waals surface area contributed by atoms with Crippen LogP contribution in [0.15, 0.2) is 61.2 Å². The highest BCUT2D eigenvalue weighted by Crippen LogP contribution is 2.16. The van der Waals surface area contributed by atoms with E-state index in [9.17, 15) is 0 Å². The summed E-state index contributed by atoms with van der Waals surface area (Å²) in [6, 6.07) is 16.2. The van der Waals surface area contributed by atoms with Crippen molar-refractivity contribution in [3.8, 4) is 5.75 Å². The van der Waals surface area contributed by atoms with Crippen molar-refractivity contribution in [1.29, 1.82) is 0 Å². The third-order valence-corrected chi connectivity index (χ3v) is 4.78. The number of nitrogens with one attached hydrogen (secondary N) is 2. The lowest BCUT2D eigenvalue weighted by atomic mass is 10.1. The molecule has 0 saturated carbocycles. The van der Waals surface area contributed by atoms with Gasteiger partial charge in [-0.1, -0.05) is 36.9 Å². The van der Waals surface area contributed by atoms with Gasteiger partial charge in [0, 0.05) is 31.9 Å². The molecule has 2 N–H and O–H groups in total. The first kappa shape index (κ1) is 20.3. The van der Waals surface area contributed by atoms with Gasteiger partial charge in [-0.25, -0.2) is 0 Å². The first-order valence-electron chi connectivity index (χ1n) is 9.50. The van der Waals surface area contributed by atoms with Crippen LogP contribution in [0, 0.1) is 0 Å². The van der Waals surface area contributed by atoms with Crippen LogP contribution in [0.4, 0.5) is 5.69 Å². The molecule has 1 heterocycles. The van der Waals surface area contributed by atoms with Crippen LogP contribution in [0.3, 0.4) is 0 Å². The molecule has 0 unspecified atom stereocenters. The van der Waals surface area contributed by atoms with Crippen molar-refractivity contribution >= 4 is 23.0 Å². The van der Waals surface area contributed by atoms with Gasteiger partial charge in [0.15, 0.2) is 5.11 Å². The largest absolute Gasteiger partial charge is 0.490 e. The smallest absolute Gasteiger partial charge is 0.171 e. The SMILES string of the molecule is C=CCOc1ccc(NC(=S)NCc2ccccc2CN2CCOCC2)cc1. The Balaban J connectivity index is 1.50. The van der Waals surface area contributed by atoms with Crippen LogP contribution in [-0.4, -0.2) is 42.9 Å². The number of anilines is 1. The van der Waals surface area contributed by atoms with Crippen LogP contribution in [0.5, 0.6) is 5.75 Å². The maximum atomic E-state index is 5.49. The summed E-state index contributed by atoms with van der Waals surface area (Å²) >= 11 is 5.45. The lowest BCUT2D eigenvalue weighted by molar-refractivity contribution is 0.0341. The topological polar surface area (TPSA) is 45.8 Å². The fourth-order valence-corrected chi connectivity index (χ4v) is 3.21. The van der Waals surface area contributed by atoms with Gasteiger partial charge in [-0.2, -0.15) is 0 Å². The number of thiocarbonyl (C=S) groups is 1. The Hall–Kier alpha value is -2.41. The van der Waals surface area contributed by atoms with Gasteiger partial charge in [-0.15, -0.1) is 0 Å². The predicted molar refractivity (Wildman–Crippen MR) is 118 cm³/mol. The minimum absolute atomic E-state index is 0.497. The van der Waals surface area contributed by atoms with Gasteiger partial charge in [-0.3, -0.25) is 4.90 Å². The minimum Gasteiger partial charge on any atom is -0.490 e. The summed E-state index contributed by atoms with van der Waals surface area (Å²) in [4.78, 5) is 2.43. The van der Waals surface area contributed by atoms with Crippen molar-refractivity contribution in [1.82, 2.24) is 10.2 Å². The summed E-state index contributed by atoms with van der Waals surface area (Å²) < 4.78 is 10.9. The van der Waals surface area contributed by atoms with E-state index in [0.717, 1.165) is 44.3 Å². The van der Waals surface area contributed by atoms with Crippen LogP contribution in [-0.2, 0) is 17.8 Å². The molecule has 148 valence electrons. The van der Waals surface area contributed by atoms with E-state index in [4.69, 9.17) is 21.7 Å². The first-order chi connectivity index (χ1) is 13.7. The fourth-order valence-electron chi connectivity index (χ4n) is 3.02. The summed E-state index contributed by atoms with van der Waals surface area (Å²) in [5.74, 6) is 0.807. The molecule has 1 aliphatic rings. The van der Waals surface area contributed by atoms with Gasteiger partial charge in [0.2, 0.25) is 0 Å². The van der Waals surface area contributed by atoms with Gasteiger partial charge in [0.1, 0.15) is 12.4 Å². The van der Waals surface area contributed by atoms with Crippen molar-refractivity contribution in [3.05, 3.63) is 72.3 Å². The summed E-state index contributed by atoms with van der Waals surface area (Å²) in [7, 11) is 0. The second-order valence-corrected chi connectivity index (χ2v) is 7.00. The van der Waals surface area contributed by atoms with Gasteiger partial charge >= 0.3 is 0 Å². The van der Waals surface area contributed by atoms with E-state index in [1.165, 1.54) is 11.1 Å². The molecule has 0 amide bonds. The lowest BCUT2D eigenvalue weighted by Crippen LogP contribution is -2.36. The average Bonchev–Trinajstić information content (AvgIpc) is 2.73. The number of hydrogen-bond acceptors (Lipinski definition) is 4. The number of hydrogen-bond donors (Lipinski definition) is 2. The van der Waals surface area contributed by atoms with Gasteiger partial charge in [0.25, 0.3) is 0 Å². The van der Waals surface area contributed by atoms with E-state index < -0.39 is 0 Å². The zero-order chi connectivity index (χ0) is 19.6. The monoisotopic (exact) mass is 397 g/mol. The number of benzene rings is 2. The molecule has 2 aromatic carbocycles. The van der Waals surface area contributed by atoms with Crippen LogP contribution < -0.4 is 15.4 Å². The number of morpholine rings is 1. The Bertz CT molecular complexity index is 774. The van der Waals surface area contributed by atoms with Gasteiger partial charge in [0.05, 0.1) is 13.2 Å². The minimum atomic E-state index is 0.497. The van der Waals surface area contributed by atoms with Crippen LogP contribution >= 0.6 is 12.2 Å². The molecule has 0 aromatic heterocycles. The Morgan fingerprint density at radius 3 is 2.54 bits per heavy atom. The summed E-state index contributed by atoms with van der Waals surface area (Å²) in [6.07, 6.45) is 1.72.